The summed E-state index contributed by atoms with van der Waals surface area (Å²) in [6.45, 7) is 1.86. The lowest BCUT2D eigenvalue weighted by Crippen LogP contribution is -2.34. The molecule has 1 rings (SSSR count). The third-order valence-corrected chi connectivity index (χ3v) is 3.18. The standard InChI is InChI=1S/C10H12BrClN2O/c1-2-9(13)10(15)14-6-3-4-8(12)7(11)5-6/h3-5,9H,2,13H2,1H3,(H,14,15)/t9-/m1/s1. The monoisotopic (exact) mass is 290 g/mol. The zero-order valence-corrected chi connectivity index (χ0v) is 10.6. The molecule has 1 atom stereocenters. The summed E-state index contributed by atoms with van der Waals surface area (Å²) in [5, 5.41) is 3.31. The summed E-state index contributed by atoms with van der Waals surface area (Å²) < 4.78 is 0.743. The second-order valence-electron chi connectivity index (χ2n) is 3.13. The molecule has 15 heavy (non-hydrogen) atoms. The summed E-state index contributed by atoms with van der Waals surface area (Å²) in [5.41, 5.74) is 6.26. The first-order valence-electron chi connectivity index (χ1n) is 4.56. The molecule has 1 amide bonds. The van der Waals surface area contributed by atoms with Crippen molar-refractivity contribution in [1.29, 1.82) is 0 Å². The molecular weight excluding hydrogens is 279 g/mol. The van der Waals surface area contributed by atoms with Gasteiger partial charge in [0.15, 0.2) is 0 Å². The molecule has 82 valence electrons. The normalized spacial score (nSPS) is 12.3. The van der Waals surface area contributed by atoms with Crippen molar-refractivity contribution in [1.82, 2.24) is 0 Å². The molecule has 1 aromatic carbocycles. The first-order chi connectivity index (χ1) is 7.04. The van der Waals surface area contributed by atoms with Gasteiger partial charge in [-0.25, -0.2) is 0 Å². The maximum Gasteiger partial charge on any atom is 0.241 e. The van der Waals surface area contributed by atoms with Gasteiger partial charge in [-0.2, -0.15) is 0 Å². The van der Waals surface area contributed by atoms with Crippen LogP contribution in [-0.2, 0) is 4.79 Å². The summed E-state index contributed by atoms with van der Waals surface area (Å²) in [4.78, 5) is 11.5. The second-order valence-corrected chi connectivity index (χ2v) is 4.39. The van der Waals surface area contributed by atoms with Crippen LogP contribution in [0.3, 0.4) is 0 Å². The van der Waals surface area contributed by atoms with Gasteiger partial charge in [-0.05, 0) is 40.5 Å². The summed E-state index contributed by atoms with van der Waals surface area (Å²) in [7, 11) is 0. The maximum absolute atomic E-state index is 11.5. The van der Waals surface area contributed by atoms with E-state index in [1.54, 1.807) is 18.2 Å². The molecule has 0 heterocycles. The molecule has 3 nitrogen and oxygen atoms in total. The minimum Gasteiger partial charge on any atom is -0.325 e. The average molecular weight is 292 g/mol. The Bertz CT molecular complexity index is 370. The molecule has 0 bridgehead atoms. The van der Waals surface area contributed by atoms with Crippen LogP contribution in [0.1, 0.15) is 13.3 Å². The average Bonchev–Trinajstić information content (AvgIpc) is 2.22. The van der Waals surface area contributed by atoms with Crippen LogP contribution in [0.5, 0.6) is 0 Å². The number of benzene rings is 1. The smallest absolute Gasteiger partial charge is 0.241 e. The number of carbonyl (C=O) groups is 1. The molecule has 1 aromatic rings. The minimum atomic E-state index is -0.473. The van der Waals surface area contributed by atoms with Gasteiger partial charge >= 0.3 is 0 Å². The highest BCUT2D eigenvalue weighted by molar-refractivity contribution is 9.10. The molecule has 3 N–H and O–H groups in total. The first-order valence-corrected chi connectivity index (χ1v) is 5.73. The largest absolute Gasteiger partial charge is 0.325 e. The Morgan fingerprint density at radius 1 is 1.67 bits per heavy atom. The lowest BCUT2D eigenvalue weighted by atomic mass is 10.2. The maximum atomic E-state index is 11.5. The third-order valence-electron chi connectivity index (χ3n) is 1.96. The van der Waals surface area contributed by atoms with E-state index in [-0.39, 0.29) is 5.91 Å². The Kier molecular flexibility index (Phi) is 4.57. The van der Waals surface area contributed by atoms with Crippen LogP contribution in [0.15, 0.2) is 22.7 Å². The third kappa shape index (κ3) is 3.48. The Labute approximate surface area is 102 Å². The molecule has 0 aromatic heterocycles. The highest BCUT2D eigenvalue weighted by Crippen LogP contribution is 2.25. The predicted molar refractivity (Wildman–Crippen MR) is 66.0 cm³/mol. The SMILES string of the molecule is CC[C@@H](N)C(=O)Nc1ccc(Cl)c(Br)c1. The number of carbonyl (C=O) groups excluding carboxylic acids is 1. The number of halogens is 2. The van der Waals surface area contributed by atoms with Crippen LogP contribution in [0.2, 0.25) is 5.02 Å². The zero-order valence-electron chi connectivity index (χ0n) is 8.26. The number of amides is 1. The summed E-state index contributed by atoms with van der Waals surface area (Å²) in [5.74, 6) is -0.188. The van der Waals surface area contributed by atoms with Crippen molar-refractivity contribution in [2.24, 2.45) is 5.73 Å². The fourth-order valence-corrected chi connectivity index (χ4v) is 1.49. The predicted octanol–water partition coefficient (Wildman–Crippen LogP) is 2.78. The van der Waals surface area contributed by atoms with E-state index in [1.807, 2.05) is 6.92 Å². The van der Waals surface area contributed by atoms with E-state index < -0.39 is 6.04 Å². The highest BCUT2D eigenvalue weighted by Gasteiger charge is 2.11. The van der Waals surface area contributed by atoms with E-state index >= 15 is 0 Å². The van der Waals surface area contributed by atoms with Crippen LogP contribution >= 0.6 is 27.5 Å². The van der Waals surface area contributed by atoms with Crippen LogP contribution in [-0.4, -0.2) is 11.9 Å². The lowest BCUT2D eigenvalue weighted by molar-refractivity contribution is -0.117. The van der Waals surface area contributed by atoms with Crippen molar-refractivity contribution in [3.8, 4) is 0 Å². The molecule has 0 unspecified atom stereocenters. The summed E-state index contributed by atoms with van der Waals surface area (Å²) >= 11 is 9.10. The van der Waals surface area contributed by atoms with E-state index in [0.717, 1.165) is 4.47 Å². The molecule has 0 radical (unpaired) electrons. The van der Waals surface area contributed by atoms with Gasteiger partial charge in [0, 0.05) is 10.2 Å². The molecular formula is C10H12BrClN2O. The van der Waals surface area contributed by atoms with Crippen molar-refractivity contribution in [3.05, 3.63) is 27.7 Å². The van der Waals surface area contributed by atoms with Crippen molar-refractivity contribution < 1.29 is 4.79 Å². The Morgan fingerprint density at radius 2 is 2.33 bits per heavy atom. The number of hydrogen-bond acceptors (Lipinski definition) is 2. The Hall–Kier alpha value is -0.580. The number of anilines is 1. The van der Waals surface area contributed by atoms with E-state index in [0.29, 0.717) is 17.1 Å². The molecule has 0 aliphatic carbocycles. The quantitative estimate of drug-likeness (QED) is 0.900. The fourth-order valence-electron chi connectivity index (χ4n) is 0.994. The molecule has 0 aliphatic heterocycles. The van der Waals surface area contributed by atoms with Crippen molar-refractivity contribution >= 4 is 39.1 Å². The Balaban J connectivity index is 2.73. The zero-order chi connectivity index (χ0) is 11.4. The molecule has 0 saturated heterocycles. The van der Waals surface area contributed by atoms with Crippen molar-refractivity contribution in [2.45, 2.75) is 19.4 Å². The topological polar surface area (TPSA) is 55.1 Å². The van der Waals surface area contributed by atoms with Crippen LogP contribution in [0.4, 0.5) is 5.69 Å². The van der Waals surface area contributed by atoms with E-state index in [4.69, 9.17) is 17.3 Å². The molecule has 0 aliphatic rings. The van der Waals surface area contributed by atoms with Gasteiger partial charge in [-0.15, -0.1) is 0 Å². The van der Waals surface area contributed by atoms with Crippen LogP contribution in [0, 0.1) is 0 Å². The number of nitrogens with two attached hydrogens (primary N) is 1. The molecule has 0 saturated carbocycles. The van der Waals surface area contributed by atoms with Crippen LogP contribution in [0.25, 0.3) is 0 Å². The van der Waals surface area contributed by atoms with Crippen molar-refractivity contribution in [2.75, 3.05) is 5.32 Å². The summed E-state index contributed by atoms with van der Waals surface area (Å²) in [6.07, 6.45) is 0.612. The van der Waals surface area contributed by atoms with Gasteiger partial charge in [0.1, 0.15) is 0 Å². The van der Waals surface area contributed by atoms with E-state index in [2.05, 4.69) is 21.2 Å². The van der Waals surface area contributed by atoms with Gasteiger partial charge in [-0.1, -0.05) is 18.5 Å². The molecule has 0 spiro atoms. The van der Waals surface area contributed by atoms with Gasteiger partial charge in [-0.3, -0.25) is 4.79 Å². The van der Waals surface area contributed by atoms with Gasteiger partial charge < -0.3 is 11.1 Å². The second kappa shape index (κ2) is 5.49. The van der Waals surface area contributed by atoms with Gasteiger partial charge in [0.05, 0.1) is 11.1 Å². The first kappa shape index (κ1) is 12.5. The number of hydrogen-bond donors (Lipinski definition) is 2. The molecule has 0 fully saturated rings. The summed E-state index contributed by atoms with van der Waals surface area (Å²) in [6, 6.07) is 4.70. The highest BCUT2D eigenvalue weighted by atomic mass is 79.9. The lowest BCUT2D eigenvalue weighted by Gasteiger charge is -2.10. The van der Waals surface area contributed by atoms with Crippen LogP contribution < -0.4 is 11.1 Å². The molecule has 5 heteroatoms. The fraction of sp³-hybridized carbons (Fsp3) is 0.300. The number of rotatable bonds is 3. The van der Waals surface area contributed by atoms with Crippen molar-refractivity contribution in [3.63, 3.8) is 0 Å². The van der Waals surface area contributed by atoms with Gasteiger partial charge in [0.2, 0.25) is 5.91 Å². The van der Waals surface area contributed by atoms with E-state index in [9.17, 15) is 4.79 Å². The van der Waals surface area contributed by atoms with E-state index in [1.165, 1.54) is 0 Å². The Morgan fingerprint density at radius 3 is 2.87 bits per heavy atom. The minimum absolute atomic E-state index is 0.188. The van der Waals surface area contributed by atoms with Gasteiger partial charge in [0.25, 0.3) is 0 Å². The number of nitrogens with one attached hydrogen (secondary N) is 1.